The molecular weight excluding hydrogens is 293 g/mol. The van der Waals surface area contributed by atoms with Crippen LogP contribution in [0.25, 0.3) is 0 Å². The van der Waals surface area contributed by atoms with Crippen molar-refractivity contribution in [1.29, 1.82) is 0 Å². The van der Waals surface area contributed by atoms with Crippen LogP contribution in [-0.4, -0.2) is 30.6 Å². The normalized spacial score (nSPS) is 16.0. The summed E-state index contributed by atoms with van der Waals surface area (Å²) in [7, 11) is 3.62. The number of carbonyl (C=O) groups is 1. The molecule has 1 heterocycles. The van der Waals surface area contributed by atoms with Gasteiger partial charge in [0.2, 0.25) is 0 Å². The number of hydrazone groups is 1. The molecule has 2 aromatic carbocycles. The van der Waals surface area contributed by atoms with Crippen LogP contribution in [0.3, 0.4) is 0 Å². The van der Waals surface area contributed by atoms with Crippen LogP contribution < -0.4 is 5.01 Å². The van der Waals surface area contributed by atoms with Crippen LogP contribution >= 0.6 is 0 Å². The fraction of sp³-hybridized carbons (Fsp3) is 0.111. The Morgan fingerprint density at radius 1 is 1.04 bits per heavy atom. The first-order chi connectivity index (χ1) is 11.1. The number of nitrogens with zero attached hydrogens (tertiary/aromatic N) is 3. The van der Waals surface area contributed by atoms with Gasteiger partial charge in [0.1, 0.15) is 11.5 Å². The van der Waals surface area contributed by atoms with Crippen molar-refractivity contribution in [1.82, 2.24) is 4.90 Å². The summed E-state index contributed by atoms with van der Waals surface area (Å²) < 4.78 is 14.2. The van der Waals surface area contributed by atoms with E-state index in [0.717, 1.165) is 0 Å². The van der Waals surface area contributed by atoms with Gasteiger partial charge in [-0.15, -0.1) is 0 Å². The Hall–Kier alpha value is -2.95. The van der Waals surface area contributed by atoms with Crippen molar-refractivity contribution in [2.24, 2.45) is 5.10 Å². The number of hydrogen-bond donors (Lipinski definition) is 0. The minimum absolute atomic E-state index is 0.275. The van der Waals surface area contributed by atoms with Gasteiger partial charge in [0, 0.05) is 25.9 Å². The predicted octanol–water partition coefficient (Wildman–Crippen LogP) is 3.02. The first-order valence-electron chi connectivity index (χ1n) is 7.19. The number of carbonyl (C=O) groups excluding carboxylic acids is 1. The molecule has 4 nitrogen and oxygen atoms in total. The molecular formula is C18H16FN3O. The lowest BCUT2D eigenvalue weighted by atomic mass is 10.0. The lowest BCUT2D eigenvalue weighted by Gasteiger charge is -2.11. The summed E-state index contributed by atoms with van der Waals surface area (Å²) in [6.07, 6.45) is 1.66. The maximum absolute atomic E-state index is 14.2. The Bertz CT molecular complexity index is 797. The third kappa shape index (κ3) is 2.85. The average molecular weight is 309 g/mol. The maximum Gasteiger partial charge on any atom is 0.282 e. The van der Waals surface area contributed by atoms with E-state index in [0.29, 0.717) is 22.5 Å². The maximum atomic E-state index is 14.2. The summed E-state index contributed by atoms with van der Waals surface area (Å²) in [6, 6.07) is 15.4. The zero-order valence-electron chi connectivity index (χ0n) is 12.9. The molecule has 1 amide bonds. The highest BCUT2D eigenvalue weighted by atomic mass is 19.1. The Kier molecular flexibility index (Phi) is 3.93. The topological polar surface area (TPSA) is 35.9 Å². The summed E-state index contributed by atoms with van der Waals surface area (Å²) in [5, 5.41) is 5.67. The Labute approximate surface area is 134 Å². The van der Waals surface area contributed by atoms with Crippen LogP contribution in [0.15, 0.2) is 71.5 Å². The number of benzene rings is 2. The third-order valence-electron chi connectivity index (χ3n) is 3.39. The van der Waals surface area contributed by atoms with Crippen molar-refractivity contribution >= 4 is 17.3 Å². The fourth-order valence-electron chi connectivity index (χ4n) is 2.39. The minimum Gasteiger partial charge on any atom is -0.383 e. The van der Waals surface area contributed by atoms with Gasteiger partial charge in [-0.3, -0.25) is 4.79 Å². The van der Waals surface area contributed by atoms with Crippen molar-refractivity contribution in [2.75, 3.05) is 19.1 Å². The molecule has 116 valence electrons. The second-order valence-corrected chi connectivity index (χ2v) is 5.39. The SMILES string of the molecule is CN(C)/C=C1\C(=O)N(c2ccccc2)N=C1c1ccccc1F. The molecule has 23 heavy (non-hydrogen) atoms. The molecule has 0 spiro atoms. The van der Waals surface area contributed by atoms with Gasteiger partial charge in [-0.2, -0.15) is 10.1 Å². The largest absolute Gasteiger partial charge is 0.383 e. The molecule has 0 radical (unpaired) electrons. The van der Waals surface area contributed by atoms with Crippen LogP contribution in [0.4, 0.5) is 10.1 Å². The zero-order chi connectivity index (χ0) is 16.4. The predicted molar refractivity (Wildman–Crippen MR) is 88.6 cm³/mol. The van der Waals surface area contributed by atoms with Crippen molar-refractivity contribution in [2.45, 2.75) is 0 Å². The number of para-hydroxylation sites is 1. The highest BCUT2D eigenvalue weighted by molar-refractivity contribution is 6.35. The lowest BCUT2D eigenvalue weighted by molar-refractivity contribution is -0.114. The molecule has 2 aromatic rings. The van der Waals surface area contributed by atoms with E-state index in [1.165, 1.54) is 11.1 Å². The van der Waals surface area contributed by atoms with Gasteiger partial charge in [-0.25, -0.2) is 4.39 Å². The molecule has 0 saturated carbocycles. The van der Waals surface area contributed by atoms with E-state index >= 15 is 0 Å². The van der Waals surface area contributed by atoms with Gasteiger partial charge in [-0.05, 0) is 24.3 Å². The number of amides is 1. The molecule has 0 fully saturated rings. The van der Waals surface area contributed by atoms with Crippen LogP contribution in [0.2, 0.25) is 0 Å². The van der Waals surface area contributed by atoms with E-state index in [9.17, 15) is 9.18 Å². The molecule has 0 saturated heterocycles. The lowest BCUT2D eigenvalue weighted by Crippen LogP contribution is -2.22. The monoisotopic (exact) mass is 309 g/mol. The second kappa shape index (κ2) is 6.04. The van der Waals surface area contributed by atoms with E-state index in [1.807, 2.05) is 32.3 Å². The van der Waals surface area contributed by atoms with E-state index in [-0.39, 0.29) is 5.91 Å². The van der Waals surface area contributed by atoms with Gasteiger partial charge in [-0.1, -0.05) is 30.3 Å². The van der Waals surface area contributed by atoms with Gasteiger partial charge in [0.25, 0.3) is 5.91 Å². The van der Waals surface area contributed by atoms with E-state index < -0.39 is 5.82 Å². The van der Waals surface area contributed by atoms with Gasteiger partial charge in [0.05, 0.1) is 11.3 Å². The molecule has 0 bridgehead atoms. The third-order valence-corrected chi connectivity index (χ3v) is 3.39. The summed E-state index contributed by atoms with van der Waals surface area (Å²) in [6.45, 7) is 0. The first-order valence-corrected chi connectivity index (χ1v) is 7.19. The number of rotatable bonds is 3. The molecule has 0 unspecified atom stereocenters. The Morgan fingerprint density at radius 3 is 2.35 bits per heavy atom. The molecule has 1 aliphatic rings. The quantitative estimate of drug-likeness (QED) is 0.817. The molecule has 5 heteroatoms. The van der Waals surface area contributed by atoms with Crippen molar-refractivity contribution in [3.8, 4) is 0 Å². The van der Waals surface area contributed by atoms with Crippen LogP contribution in [0, 0.1) is 5.82 Å². The number of halogens is 1. The van der Waals surface area contributed by atoms with Gasteiger partial charge in [0.15, 0.2) is 0 Å². The highest BCUT2D eigenvalue weighted by Crippen LogP contribution is 2.27. The van der Waals surface area contributed by atoms with Gasteiger partial charge >= 0.3 is 0 Å². The highest BCUT2D eigenvalue weighted by Gasteiger charge is 2.33. The molecule has 0 atom stereocenters. The van der Waals surface area contributed by atoms with E-state index in [4.69, 9.17) is 0 Å². The Morgan fingerprint density at radius 2 is 1.70 bits per heavy atom. The van der Waals surface area contributed by atoms with E-state index in [1.54, 1.807) is 41.4 Å². The van der Waals surface area contributed by atoms with Crippen molar-refractivity contribution < 1.29 is 9.18 Å². The van der Waals surface area contributed by atoms with Gasteiger partial charge < -0.3 is 4.90 Å². The molecule has 3 rings (SSSR count). The average Bonchev–Trinajstić information content (AvgIpc) is 2.85. The number of hydrogen-bond acceptors (Lipinski definition) is 3. The van der Waals surface area contributed by atoms with Crippen molar-refractivity contribution in [3.63, 3.8) is 0 Å². The van der Waals surface area contributed by atoms with Crippen LogP contribution in [0.5, 0.6) is 0 Å². The molecule has 1 aliphatic heterocycles. The van der Waals surface area contributed by atoms with Crippen molar-refractivity contribution in [3.05, 3.63) is 77.8 Å². The summed E-state index contributed by atoms with van der Waals surface area (Å²) in [4.78, 5) is 14.5. The smallest absolute Gasteiger partial charge is 0.282 e. The molecule has 0 N–H and O–H groups in total. The van der Waals surface area contributed by atoms with E-state index in [2.05, 4.69) is 5.10 Å². The summed E-state index contributed by atoms with van der Waals surface area (Å²) in [5.41, 5.74) is 1.66. The Balaban J connectivity index is 2.13. The second-order valence-electron chi connectivity index (χ2n) is 5.39. The van der Waals surface area contributed by atoms with Crippen LogP contribution in [-0.2, 0) is 4.79 Å². The molecule has 0 aromatic heterocycles. The summed E-state index contributed by atoms with van der Waals surface area (Å²) >= 11 is 0. The fourth-order valence-corrected chi connectivity index (χ4v) is 2.39. The number of anilines is 1. The zero-order valence-corrected chi connectivity index (χ0v) is 12.9. The minimum atomic E-state index is -0.404. The first kappa shape index (κ1) is 15.0. The van der Waals surface area contributed by atoms with Crippen LogP contribution in [0.1, 0.15) is 5.56 Å². The molecule has 0 aliphatic carbocycles. The summed E-state index contributed by atoms with van der Waals surface area (Å²) in [5.74, 6) is -0.679. The standard InChI is InChI=1S/C18H16FN3O/c1-21(2)12-15-17(14-10-6-7-11-16(14)19)20-22(18(15)23)13-8-4-3-5-9-13/h3-12H,1-2H3/b15-12-.